The molecule has 1 rings (SSSR count). The zero-order valence-electron chi connectivity index (χ0n) is 8.87. The van der Waals surface area contributed by atoms with Crippen molar-refractivity contribution in [1.82, 2.24) is 9.55 Å². The molecule has 0 saturated carbocycles. The molecule has 4 nitrogen and oxygen atoms in total. The van der Waals surface area contributed by atoms with E-state index in [1.807, 2.05) is 13.8 Å². The standard InChI is InChI=1S/C10H16N2O2/c1-4-12-9(5-6-13)11-8(3)7(2)10(12)14/h13H,4-6H2,1-3H3. The molecule has 0 radical (unpaired) electrons. The lowest BCUT2D eigenvalue weighted by molar-refractivity contribution is 0.293. The summed E-state index contributed by atoms with van der Waals surface area (Å²) in [6, 6.07) is 0. The fourth-order valence-corrected chi connectivity index (χ4v) is 1.43. The number of aryl methyl sites for hydroxylation is 1. The van der Waals surface area contributed by atoms with Crippen molar-refractivity contribution in [2.24, 2.45) is 0 Å². The molecule has 1 heterocycles. The van der Waals surface area contributed by atoms with E-state index in [0.29, 0.717) is 24.4 Å². The van der Waals surface area contributed by atoms with Crippen LogP contribution in [0, 0.1) is 13.8 Å². The maximum Gasteiger partial charge on any atom is 0.256 e. The van der Waals surface area contributed by atoms with Gasteiger partial charge in [0.05, 0.1) is 6.61 Å². The molecule has 0 aliphatic heterocycles. The van der Waals surface area contributed by atoms with Crippen molar-refractivity contribution in [2.45, 2.75) is 33.7 Å². The molecule has 0 aromatic carbocycles. The van der Waals surface area contributed by atoms with Crippen LogP contribution in [-0.4, -0.2) is 21.3 Å². The van der Waals surface area contributed by atoms with Crippen molar-refractivity contribution in [3.63, 3.8) is 0 Å². The number of nitrogens with zero attached hydrogens (tertiary/aromatic N) is 2. The fourth-order valence-electron chi connectivity index (χ4n) is 1.43. The first-order chi connectivity index (χ1) is 6.61. The molecule has 0 fully saturated rings. The Morgan fingerprint density at radius 3 is 2.57 bits per heavy atom. The third-order valence-corrected chi connectivity index (χ3v) is 2.37. The van der Waals surface area contributed by atoms with Crippen LogP contribution in [-0.2, 0) is 13.0 Å². The van der Waals surface area contributed by atoms with E-state index in [4.69, 9.17) is 5.11 Å². The predicted octanol–water partition coefficient (Wildman–Crippen LogP) is 0.415. The summed E-state index contributed by atoms with van der Waals surface area (Å²) in [7, 11) is 0. The number of hydrogen-bond acceptors (Lipinski definition) is 3. The summed E-state index contributed by atoms with van der Waals surface area (Å²) in [5, 5.41) is 8.84. The van der Waals surface area contributed by atoms with Gasteiger partial charge in [0.25, 0.3) is 5.56 Å². The van der Waals surface area contributed by atoms with Crippen molar-refractivity contribution in [3.05, 3.63) is 27.4 Å². The minimum absolute atomic E-state index is 0.00319. The van der Waals surface area contributed by atoms with Crippen molar-refractivity contribution < 1.29 is 5.11 Å². The zero-order chi connectivity index (χ0) is 10.7. The third-order valence-electron chi connectivity index (χ3n) is 2.37. The summed E-state index contributed by atoms with van der Waals surface area (Å²) < 4.78 is 1.61. The molecular weight excluding hydrogens is 180 g/mol. The van der Waals surface area contributed by atoms with Gasteiger partial charge in [0.1, 0.15) is 5.82 Å². The van der Waals surface area contributed by atoms with Gasteiger partial charge in [-0.2, -0.15) is 0 Å². The number of rotatable bonds is 3. The molecule has 0 spiro atoms. The Kier molecular flexibility index (Phi) is 3.41. The highest BCUT2D eigenvalue weighted by molar-refractivity contribution is 5.15. The lowest BCUT2D eigenvalue weighted by atomic mass is 10.2. The third kappa shape index (κ3) is 1.85. The minimum atomic E-state index is 0.00319. The number of aliphatic hydroxyl groups excluding tert-OH is 1. The van der Waals surface area contributed by atoms with Crippen molar-refractivity contribution in [1.29, 1.82) is 0 Å². The van der Waals surface area contributed by atoms with Gasteiger partial charge in [-0.05, 0) is 20.8 Å². The first-order valence-corrected chi connectivity index (χ1v) is 4.79. The first-order valence-electron chi connectivity index (χ1n) is 4.79. The molecule has 0 amide bonds. The first kappa shape index (κ1) is 10.9. The Hall–Kier alpha value is -1.16. The van der Waals surface area contributed by atoms with Crippen LogP contribution in [0.15, 0.2) is 4.79 Å². The Labute approximate surface area is 83.2 Å². The van der Waals surface area contributed by atoms with Crippen LogP contribution in [0.3, 0.4) is 0 Å². The molecular formula is C10H16N2O2. The minimum Gasteiger partial charge on any atom is -0.396 e. The molecule has 0 saturated heterocycles. The van der Waals surface area contributed by atoms with Crippen LogP contribution in [0.4, 0.5) is 0 Å². The predicted molar refractivity (Wildman–Crippen MR) is 54.4 cm³/mol. The Bertz CT molecular complexity index is 382. The van der Waals surface area contributed by atoms with Gasteiger partial charge in [0.15, 0.2) is 0 Å². The van der Waals surface area contributed by atoms with Gasteiger partial charge in [-0.15, -0.1) is 0 Å². The van der Waals surface area contributed by atoms with Crippen molar-refractivity contribution >= 4 is 0 Å². The van der Waals surface area contributed by atoms with Crippen LogP contribution in [0.5, 0.6) is 0 Å². The van der Waals surface area contributed by atoms with Crippen LogP contribution in [0.2, 0.25) is 0 Å². The van der Waals surface area contributed by atoms with E-state index in [-0.39, 0.29) is 12.2 Å². The van der Waals surface area contributed by atoms with Gasteiger partial charge >= 0.3 is 0 Å². The molecule has 0 atom stereocenters. The normalized spacial score (nSPS) is 10.6. The van der Waals surface area contributed by atoms with Gasteiger partial charge in [-0.25, -0.2) is 4.98 Å². The molecule has 0 aliphatic carbocycles. The second-order valence-electron chi connectivity index (χ2n) is 3.26. The Morgan fingerprint density at radius 1 is 1.43 bits per heavy atom. The lowest BCUT2D eigenvalue weighted by Gasteiger charge is -2.11. The monoisotopic (exact) mass is 196 g/mol. The summed E-state index contributed by atoms with van der Waals surface area (Å²) >= 11 is 0. The molecule has 0 aliphatic rings. The molecule has 1 aromatic heterocycles. The molecule has 1 N–H and O–H groups in total. The lowest BCUT2D eigenvalue weighted by Crippen LogP contribution is -2.28. The van der Waals surface area contributed by atoms with Gasteiger partial charge in [-0.3, -0.25) is 9.36 Å². The van der Waals surface area contributed by atoms with Crippen LogP contribution >= 0.6 is 0 Å². The van der Waals surface area contributed by atoms with E-state index in [2.05, 4.69) is 4.98 Å². The summed E-state index contributed by atoms with van der Waals surface area (Å²) in [4.78, 5) is 16.1. The molecule has 4 heteroatoms. The van der Waals surface area contributed by atoms with E-state index in [1.54, 1.807) is 11.5 Å². The summed E-state index contributed by atoms with van der Waals surface area (Å²) in [6.45, 7) is 6.12. The summed E-state index contributed by atoms with van der Waals surface area (Å²) in [5.74, 6) is 0.670. The largest absolute Gasteiger partial charge is 0.396 e. The van der Waals surface area contributed by atoms with E-state index < -0.39 is 0 Å². The average molecular weight is 196 g/mol. The Morgan fingerprint density at radius 2 is 2.07 bits per heavy atom. The number of hydrogen-bond donors (Lipinski definition) is 1. The molecule has 78 valence electrons. The quantitative estimate of drug-likeness (QED) is 0.762. The number of aromatic nitrogens is 2. The zero-order valence-corrected chi connectivity index (χ0v) is 8.87. The highest BCUT2D eigenvalue weighted by atomic mass is 16.3. The summed E-state index contributed by atoms with van der Waals surface area (Å²) in [5.41, 5.74) is 1.44. The van der Waals surface area contributed by atoms with Gasteiger partial charge in [0.2, 0.25) is 0 Å². The Balaban J connectivity index is 3.36. The maximum absolute atomic E-state index is 11.8. The van der Waals surface area contributed by atoms with Crippen LogP contribution in [0.1, 0.15) is 24.0 Å². The second-order valence-corrected chi connectivity index (χ2v) is 3.26. The number of aliphatic hydroxyl groups is 1. The topological polar surface area (TPSA) is 55.1 Å². The van der Waals surface area contributed by atoms with Crippen molar-refractivity contribution in [2.75, 3.05) is 6.61 Å². The van der Waals surface area contributed by atoms with Crippen LogP contribution in [0.25, 0.3) is 0 Å². The van der Waals surface area contributed by atoms with E-state index in [0.717, 1.165) is 5.69 Å². The fraction of sp³-hybridized carbons (Fsp3) is 0.600. The molecule has 0 unspecified atom stereocenters. The second kappa shape index (κ2) is 4.37. The SMILES string of the molecule is CCn1c(CCO)nc(C)c(C)c1=O. The summed E-state index contributed by atoms with van der Waals surface area (Å²) in [6.07, 6.45) is 0.435. The highest BCUT2D eigenvalue weighted by Gasteiger charge is 2.08. The molecule has 1 aromatic rings. The van der Waals surface area contributed by atoms with Gasteiger partial charge in [-0.1, -0.05) is 0 Å². The molecule has 0 bridgehead atoms. The van der Waals surface area contributed by atoms with Crippen LogP contribution < -0.4 is 5.56 Å². The van der Waals surface area contributed by atoms with E-state index in [9.17, 15) is 4.79 Å². The average Bonchev–Trinajstić information content (AvgIpc) is 2.16. The van der Waals surface area contributed by atoms with E-state index in [1.165, 1.54) is 0 Å². The van der Waals surface area contributed by atoms with Gasteiger partial charge in [0, 0.05) is 24.2 Å². The van der Waals surface area contributed by atoms with Crippen molar-refractivity contribution in [3.8, 4) is 0 Å². The highest BCUT2D eigenvalue weighted by Crippen LogP contribution is 2.01. The van der Waals surface area contributed by atoms with E-state index >= 15 is 0 Å². The smallest absolute Gasteiger partial charge is 0.256 e. The van der Waals surface area contributed by atoms with Gasteiger partial charge < -0.3 is 5.11 Å². The maximum atomic E-state index is 11.8. The molecule has 14 heavy (non-hydrogen) atoms.